The highest BCUT2D eigenvalue weighted by molar-refractivity contribution is 7.89. The first kappa shape index (κ1) is 16.1. The van der Waals surface area contributed by atoms with Gasteiger partial charge in [0.05, 0.1) is 12.2 Å². The lowest BCUT2D eigenvalue weighted by molar-refractivity contribution is -0.0659. The molecule has 0 aliphatic heterocycles. The lowest BCUT2D eigenvalue weighted by Gasteiger charge is -2.40. The molecule has 1 aromatic carbocycles. The zero-order valence-electron chi connectivity index (χ0n) is 12.4. The summed E-state index contributed by atoms with van der Waals surface area (Å²) in [6.07, 6.45) is 2.78. The molecule has 1 aromatic rings. The van der Waals surface area contributed by atoms with E-state index in [2.05, 4.69) is 4.72 Å². The minimum Gasteiger partial charge on any atom is -0.492 e. The number of sulfonamides is 1. The molecule has 0 aromatic heterocycles. The van der Waals surface area contributed by atoms with Gasteiger partial charge >= 0.3 is 0 Å². The molecule has 21 heavy (non-hydrogen) atoms. The largest absolute Gasteiger partial charge is 0.492 e. The van der Waals surface area contributed by atoms with Crippen molar-refractivity contribution in [2.75, 3.05) is 26.0 Å². The minimum atomic E-state index is -3.69. The molecule has 118 valence electrons. The van der Waals surface area contributed by atoms with Crippen LogP contribution >= 0.6 is 0 Å². The van der Waals surface area contributed by atoms with Crippen molar-refractivity contribution in [1.29, 1.82) is 0 Å². The average Bonchev–Trinajstić information content (AvgIpc) is 2.40. The standard InChI is InChI=1S/C14H22N2O4S/c1-3-20-12-6-5-11(15)9-13(12)21(17,18)16-10-14(19-2)7-4-8-14/h5-6,9,16H,3-4,7-8,10,15H2,1-2H3. The molecule has 2 rings (SSSR count). The third-order valence-electron chi connectivity index (χ3n) is 3.84. The highest BCUT2D eigenvalue weighted by atomic mass is 32.2. The maximum absolute atomic E-state index is 12.5. The summed E-state index contributed by atoms with van der Waals surface area (Å²) in [5, 5.41) is 0. The van der Waals surface area contributed by atoms with Crippen LogP contribution in [0.2, 0.25) is 0 Å². The second kappa shape index (κ2) is 6.21. The van der Waals surface area contributed by atoms with Gasteiger partial charge in [-0.1, -0.05) is 0 Å². The van der Waals surface area contributed by atoms with Gasteiger partial charge in [-0.15, -0.1) is 0 Å². The number of hydrogen-bond acceptors (Lipinski definition) is 5. The second-order valence-electron chi connectivity index (χ2n) is 5.20. The Balaban J connectivity index is 2.20. The Bertz CT molecular complexity index is 591. The summed E-state index contributed by atoms with van der Waals surface area (Å²) in [6.45, 7) is 2.44. The van der Waals surface area contributed by atoms with Crippen molar-refractivity contribution in [3.63, 3.8) is 0 Å². The van der Waals surface area contributed by atoms with Crippen molar-refractivity contribution in [3.05, 3.63) is 18.2 Å². The molecule has 1 saturated carbocycles. The first-order chi connectivity index (χ1) is 9.92. The number of anilines is 1. The van der Waals surface area contributed by atoms with Crippen LogP contribution in [0.25, 0.3) is 0 Å². The van der Waals surface area contributed by atoms with Crippen LogP contribution in [0.1, 0.15) is 26.2 Å². The molecule has 0 unspecified atom stereocenters. The highest BCUT2D eigenvalue weighted by Gasteiger charge is 2.38. The molecule has 0 spiro atoms. The number of nitrogen functional groups attached to an aromatic ring is 1. The van der Waals surface area contributed by atoms with E-state index in [1.165, 1.54) is 6.07 Å². The lowest BCUT2D eigenvalue weighted by atomic mass is 9.80. The highest BCUT2D eigenvalue weighted by Crippen LogP contribution is 2.35. The monoisotopic (exact) mass is 314 g/mol. The predicted octanol–water partition coefficient (Wildman–Crippen LogP) is 1.51. The van der Waals surface area contributed by atoms with Gasteiger partial charge in [-0.2, -0.15) is 0 Å². The summed E-state index contributed by atoms with van der Waals surface area (Å²) in [6, 6.07) is 4.60. The van der Waals surface area contributed by atoms with Crippen LogP contribution in [0.15, 0.2) is 23.1 Å². The van der Waals surface area contributed by atoms with Crippen molar-refractivity contribution in [1.82, 2.24) is 4.72 Å². The van der Waals surface area contributed by atoms with Crippen LogP contribution < -0.4 is 15.2 Å². The molecule has 1 fully saturated rings. The molecule has 3 N–H and O–H groups in total. The zero-order chi connectivity index (χ0) is 15.5. The molecule has 0 bridgehead atoms. The van der Waals surface area contributed by atoms with E-state index < -0.39 is 10.0 Å². The van der Waals surface area contributed by atoms with E-state index >= 15 is 0 Å². The SMILES string of the molecule is CCOc1ccc(N)cc1S(=O)(=O)NCC1(OC)CCC1. The maximum atomic E-state index is 12.5. The van der Waals surface area contributed by atoms with Gasteiger partial charge in [-0.25, -0.2) is 13.1 Å². The zero-order valence-corrected chi connectivity index (χ0v) is 13.2. The normalized spacial score (nSPS) is 17.2. The maximum Gasteiger partial charge on any atom is 0.244 e. The third-order valence-corrected chi connectivity index (χ3v) is 5.26. The molecule has 1 aliphatic rings. The Morgan fingerprint density at radius 1 is 1.38 bits per heavy atom. The Hall–Kier alpha value is -1.31. The van der Waals surface area contributed by atoms with Gasteiger partial charge in [0.25, 0.3) is 0 Å². The Kier molecular flexibility index (Phi) is 4.75. The molecule has 0 atom stereocenters. The molecule has 1 aliphatic carbocycles. The van der Waals surface area contributed by atoms with E-state index in [9.17, 15) is 8.42 Å². The summed E-state index contributed by atoms with van der Waals surface area (Å²) in [5.74, 6) is 0.305. The van der Waals surface area contributed by atoms with Crippen molar-refractivity contribution in [2.45, 2.75) is 36.7 Å². The summed E-state index contributed by atoms with van der Waals surface area (Å²) >= 11 is 0. The van der Waals surface area contributed by atoms with Gasteiger partial charge in [-0.05, 0) is 44.4 Å². The van der Waals surface area contributed by atoms with Gasteiger partial charge in [0, 0.05) is 19.3 Å². The molecular formula is C14H22N2O4S. The van der Waals surface area contributed by atoms with E-state index in [0.717, 1.165) is 19.3 Å². The Morgan fingerprint density at radius 2 is 2.10 bits per heavy atom. The number of hydrogen-bond donors (Lipinski definition) is 2. The smallest absolute Gasteiger partial charge is 0.244 e. The lowest BCUT2D eigenvalue weighted by Crippen LogP contribution is -2.49. The Labute approximate surface area is 125 Å². The van der Waals surface area contributed by atoms with Crippen molar-refractivity contribution < 1.29 is 17.9 Å². The average molecular weight is 314 g/mol. The van der Waals surface area contributed by atoms with Crippen LogP contribution in [-0.4, -0.2) is 34.3 Å². The number of rotatable bonds is 7. The quantitative estimate of drug-likeness (QED) is 0.745. The van der Waals surface area contributed by atoms with Gasteiger partial charge in [0.2, 0.25) is 10.0 Å². The van der Waals surface area contributed by atoms with E-state index in [0.29, 0.717) is 18.0 Å². The summed E-state index contributed by atoms with van der Waals surface area (Å²) in [4.78, 5) is 0.0647. The summed E-state index contributed by atoms with van der Waals surface area (Å²) < 4.78 is 38.4. The van der Waals surface area contributed by atoms with Crippen LogP contribution in [0.3, 0.4) is 0 Å². The molecule has 7 heteroatoms. The molecular weight excluding hydrogens is 292 g/mol. The molecule has 0 amide bonds. The Morgan fingerprint density at radius 3 is 2.62 bits per heavy atom. The number of methoxy groups -OCH3 is 1. The number of benzene rings is 1. The molecule has 6 nitrogen and oxygen atoms in total. The van der Waals surface area contributed by atoms with Gasteiger partial charge in [0.15, 0.2) is 0 Å². The van der Waals surface area contributed by atoms with E-state index in [4.69, 9.17) is 15.2 Å². The first-order valence-electron chi connectivity index (χ1n) is 6.99. The molecule has 0 heterocycles. The van der Waals surface area contributed by atoms with Crippen molar-refractivity contribution in [2.24, 2.45) is 0 Å². The number of ether oxygens (including phenoxy) is 2. The van der Waals surface area contributed by atoms with E-state index in [1.54, 1.807) is 26.2 Å². The van der Waals surface area contributed by atoms with Gasteiger partial charge in [0.1, 0.15) is 10.6 Å². The topological polar surface area (TPSA) is 90.7 Å². The van der Waals surface area contributed by atoms with E-state index in [-0.39, 0.29) is 17.0 Å². The third kappa shape index (κ3) is 3.48. The van der Waals surface area contributed by atoms with Crippen LogP contribution in [0, 0.1) is 0 Å². The van der Waals surface area contributed by atoms with Crippen LogP contribution in [-0.2, 0) is 14.8 Å². The van der Waals surface area contributed by atoms with Crippen LogP contribution in [0.4, 0.5) is 5.69 Å². The fourth-order valence-electron chi connectivity index (χ4n) is 2.34. The van der Waals surface area contributed by atoms with Crippen molar-refractivity contribution in [3.8, 4) is 5.75 Å². The number of nitrogens with two attached hydrogens (primary N) is 1. The van der Waals surface area contributed by atoms with Gasteiger partial charge in [-0.3, -0.25) is 0 Å². The predicted molar refractivity (Wildman–Crippen MR) is 80.8 cm³/mol. The molecule has 0 radical (unpaired) electrons. The molecule has 0 saturated heterocycles. The fraction of sp³-hybridized carbons (Fsp3) is 0.571. The van der Waals surface area contributed by atoms with Crippen molar-refractivity contribution >= 4 is 15.7 Å². The fourth-order valence-corrected chi connectivity index (χ4v) is 3.63. The minimum absolute atomic E-state index is 0.0647. The van der Waals surface area contributed by atoms with Crippen LogP contribution in [0.5, 0.6) is 5.75 Å². The van der Waals surface area contributed by atoms with Gasteiger partial charge < -0.3 is 15.2 Å². The van der Waals surface area contributed by atoms with E-state index in [1.807, 2.05) is 0 Å². The summed E-state index contributed by atoms with van der Waals surface area (Å²) in [7, 11) is -2.08. The second-order valence-corrected chi connectivity index (χ2v) is 6.94. The number of nitrogens with one attached hydrogen (secondary N) is 1. The summed E-state index contributed by atoms with van der Waals surface area (Å²) in [5.41, 5.74) is 5.70. The first-order valence-corrected chi connectivity index (χ1v) is 8.48.